The smallest absolute Gasteiger partial charge is 0.233 e. The molecule has 0 radical (unpaired) electrons. The molecule has 0 bridgehead atoms. The molecule has 0 spiro atoms. The highest BCUT2D eigenvalue weighted by Crippen LogP contribution is 2.06. The van der Waals surface area contributed by atoms with Crippen LogP contribution in [0.15, 0.2) is 29.3 Å². The highest BCUT2D eigenvalue weighted by atomic mass is 79.9. The van der Waals surface area contributed by atoms with E-state index in [9.17, 15) is 0 Å². The second kappa shape index (κ2) is 3.19. The fourth-order valence-electron chi connectivity index (χ4n) is 0.792. The number of hydrogen-bond donors (Lipinski definition) is 0. The molecular weight excluding hydrogens is 229 g/mol. The molecule has 0 aliphatic rings. The van der Waals surface area contributed by atoms with Gasteiger partial charge in [-0.25, -0.2) is 9.97 Å². The molecule has 2 aromatic rings. The molecule has 0 aliphatic heterocycles. The zero-order valence-electron chi connectivity index (χ0n) is 5.44. The third-order valence-electron chi connectivity index (χ3n) is 1.21. The maximum Gasteiger partial charge on any atom is 0.233 e. The molecule has 0 fully saturated rings. The standard InChI is InChI=1S/C6H4BrN3.ClH/c7-5-3-9-6-8-1-2-10(6)4-5;/h1-4H;1H. The maximum absolute atomic E-state index is 4.05. The molecule has 0 atom stereocenters. The van der Waals surface area contributed by atoms with Gasteiger partial charge in [0.1, 0.15) is 0 Å². The van der Waals surface area contributed by atoms with Crippen LogP contribution in [0.25, 0.3) is 5.78 Å². The Kier molecular flexibility index (Phi) is 2.46. The Morgan fingerprint density at radius 2 is 2.18 bits per heavy atom. The molecule has 3 nitrogen and oxygen atoms in total. The van der Waals surface area contributed by atoms with Crippen molar-refractivity contribution in [2.45, 2.75) is 0 Å². The van der Waals surface area contributed by atoms with Crippen LogP contribution in [0.3, 0.4) is 0 Å². The van der Waals surface area contributed by atoms with Crippen molar-refractivity contribution in [2.24, 2.45) is 0 Å². The zero-order valence-corrected chi connectivity index (χ0v) is 7.84. The number of fused-ring (bicyclic) bond motifs is 1. The van der Waals surface area contributed by atoms with Gasteiger partial charge in [0.25, 0.3) is 0 Å². The van der Waals surface area contributed by atoms with Gasteiger partial charge in [0.15, 0.2) is 0 Å². The largest absolute Gasteiger partial charge is 0.290 e. The average molecular weight is 234 g/mol. The van der Waals surface area contributed by atoms with Gasteiger partial charge in [-0.3, -0.25) is 4.40 Å². The Morgan fingerprint density at radius 3 is 3.00 bits per heavy atom. The number of hydrogen-bond acceptors (Lipinski definition) is 2. The second-order valence-corrected chi connectivity index (χ2v) is 2.82. The summed E-state index contributed by atoms with van der Waals surface area (Å²) in [5.74, 6) is 0.725. The van der Waals surface area contributed by atoms with E-state index in [1.54, 1.807) is 12.4 Å². The first kappa shape index (κ1) is 8.49. The topological polar surface area (TPSA) is 30.2 Å². The van der Waals surface area contributed by atoms with E-state index in [-0.39, 0.29) is 12.4 Å². The molecule has 2 aromatic heterocycles. The summed E-state index contributed by atoms with van der Waals surface area (Å²) in [6.45, 7) is 0. The van der Waals surface area contributed by atoms with Gasteiger partial charge >= 0.3 is 0 Å². The number of halogens is 2. The minimum atomic E-state index is 0. The minimum absolute atomic E-state index is 0. The minimum Gasteiger partial charge on any atom is -0.290 e. The van der Waals surface area contributed by atoms with E-state index in [1.165, 1.54) is 0 Å². The summed E-state index contributed by atoms with van der Waals surface area (Å²) >= 11 is 3.31. The van der Waals surface area contributed by atoms with Crippen molar-refractivity contribution in [2.75, 3.05) is 0 Å². The fraction of sp³-hybridized carbons (Fsp3) is 0. The van der Waals surface area contributed by atoms with E-state index in [0.29, 0.717) is 0 Å². The summed E-state index contributed by atoms with van der Waals surface area (Å²) in [4.78, 5) is 8.04. The predicted molar refractivity (Wildman–Crippen MR) is 47.9 cm³/mol. The van der Waals surface area contributed by atoms with Gasteiger partial charge < -0.3 is 0 Å². The third kappa shape index (κ3) is 1.52. The number of rotatable bonds is 0. The monoisotopic (exact) mass is 233 g/mol. The Labute approximate surface area is 78.0 Å². The van der Waals surface area contributed by atoms with Crippen LogP contribution in [0, 0.1) is 0 Å². The number of aromatic nitrogens is 3. The zero-order chi connectivity index (χ0) is 6.97. The Balaban J connectivity index is 0.000000605. The molecule has 0 saturated carbocycles. The summed E-state index contributed by atoms with van der Waals surface area (Å²) in [6.07, 6.45) is 7.21. The first-order valence-corrected chi connectivity index (χ1v) is 3.60. The van der Waals surface area contributed by atoms with Gasteiger partial charge in [0.2, 0.25) is 5.78 Å². The lowest BCUT2D eigenvalue weighted by Gasteiger charge is -1.90. The summed E-state index contributed by atoms with van der Waals surface area (Å²) < 4.78 is 2.81. The molecule has 5 heteroatoms. The summed E-state index contributed by atoms with van der Waals surface area (Å²) in [6, 6.07) is 0. The van der Waals surface area contributed by atoms with Crippen LogP contribution < -0.4 is 0 Å². The molecule has 0 unspecified atom stereocenters. The molecule has 0 aromatic carbocycles. The molecule has 2 heterocycles. The average Bonchev–Trinajstić information content (AvgIpc) is 2.33. The molecule has 0 saturated heterocycles. The highest BCUT2D eigenvalue weighted by molar-refractivity contribution is 9.10. The SMILES string of the molecule is Brc1cnc2nccn2c1.Cl. The van der Waals surface area contributed by atoms with Gasteiger partial charge in [-0.15, -0.1) is 12.4 Å². The van der Waals surface area contributed by atoms with Gasteiger partial charge in [-0.2, -0.15) is 0 Å². The van der Waals surface area contributed by atoms with Crippen molar-refractivity contribution in [1.29, 1.82) is 0 Å². The van der Waals surface area contributed by atoms with Crippen LogP contribution in [0.4, 0.5) is 0 Å². The first-order chi connectivity index (χ1) is 4.86. The van der Waals surface area contributed by atoms with Crippen molar-refractivity contribution in [1.82, 2.24) is 14.4 Å². The lowest BCUT2D eigenvalue weighted by molar-refractivity contribution is 1.10. The normalized spacial score (nSPS) is 9.55. The van der Waals surface area contributed by atoms with E-state index in [0.717, 1.165) is 10.3 Å². The van der Waals surface area contributed by atoms with Gasteiger partial charge in [-0.1, -0.05) is 0 Å². The Hall–Kier alpha value is -0.610. The summed E-state index contributed by atoms with van der Waals surface area (Å²) in [5.41, 5.74) is 0. The van der Waals surface area contributed by atoms with Crippen LogP contribution >= 0.6 is 28.3 Å². The molecular formula is C6H5BrClN3. The molecule has 11 heavy (non-hydrogen) atoms. The second-order valence-electron chi connectivity index (χ2n) is 1.91. The van der Waals surface area contributed by atoms with E-state index >= 15 is 0 Å². The van der Waals surface area contributed by atoms with Crippen molar-refractivity contribution in [3.8, 4) is 0 Å². The lowest BCUT2D eigenvalue weighted by atomic mass is 10.7. The molecule has 0 amide bonds. The van der Waals surface area contributed by atoms with Crippen molar-refractivity contribution in [3.63, 3.8) is 0 Å². The highest BCUT2D eigenvalue weighted by Gasteiger charge is 1.92. The van der Waals surface area contributed by atoms with Gasteiger partial charge in [-0.05, 0) is 15.9 Å². The van der Waals surface area contributed by atoms with Crippen molar-refractivity contribution < 1.29 is 0 Å². The van der Waals surface area contributed by atoms with Crippen LogP contribution in [0.1, 0.15) is 0 Å². The third-order valence-corrected chi connectivity index (χ3v) is 1.62. The lowest BCUT2D eigenvalue weighted by Crippen LogP contribution is -1.85. The Morgan fingerprint density at radius 1 is 1.36 bits per heavy atom. The van der Waals surface area contributed by atoms with Crippen LogP contribution in [0.2, 0.25) is 0 Å². The molecule has 0 aliphatic carbocycles. The van der Waals surface area contributed by atoms with Gasteiger partial charge in [0.05, 0.1) is 4.47 Å². The molecule has 2 rings (SSSR count). The predicted octanol–water partition coefficient (Wildman–Crippen LogP) is 1.91. The van der Waals surface area contributed by atoms with E-state index < -0.39 is 0 Å². The van der Waals surface area contributed by atoms with E-state index in [4.69, 9.17) is 0 Å². The maximum atomic E-state index is 4.05. The Bertz CT molecular complexity index is 359. The van der Waals surface area contributed by atoms with Crippen molar-refractivity contribution in [3.05, 3.63) is 29.3 Å². The van der Waals surface area contributed by atoms with Crippen LogP contribution in [-0.4, -0.2) is 14.4 Å². The van der Waals surface area contributed by atoms with Crippen molar-refractivity contribution >= 4 is 34.1 Å². The van der Waals surface area contributed by atoms with Crippen LogP contribution in [0.5, 0.6) is 0 Å². The molecule has 58 valence electrons. The number of nitrogens with zero attached hydrogens (tertiary/aromatic N) is 3. The van der Waals surface area contributed by atoms with E-state index in [1.807, 2.05) is 16.8 Å². The first-order valence-electron chi connectivity index (χ1n) is 2.80. The molecule has 0 N–H and O–H groups in total. The summed E-state index contributed by atoms with van der Waals surface area (Å²) in [7, 11) is 0. The fourth-order valence-corrected chi connectivity index (χ4v) is 1.11. The number of imidazole rings is 1. The van der Waals surface area contributed by atoms with Crippen LogP contribution in [-0.2, 0) is 0 Å². The quantitative estimate of drug-likeness (QED) is 0.697. The van der Waals surface area contributed by atoms with Gasteiger partial charge in [0, 0.05) is 24.8 Å². The van der Waals surface area contributed by atoms with E-state index in [2.05, 4.69) is 25.9 Å². The summed E-state index contributed by atoms with van der Waals surface area (Å²) in [5, 5.41) is 0.